The molecule has 1 atom stereocenters. The smallest absolute Gasteiger partial charge is 0.225 e. The van der Waals surface area contributed by atoms with Crippen LogP contribution in [0, 0.1) is 0 Å². The van der Waals surface area contributed by atoms with Crippen LogP contribution in [-0.2, 0) is 6.42 Å². The highest BCUT2D eigenvalue weighted by Gasteiger charge is 2.40. The van der Waals surface area contributed by atoms with E-state index in [4.69, 9.17) is 5.73 Å². The summed E-state index contributed by atoms with van der Waals surface area (Å²) in [5.74, 6) is 0.803. The first kappa shape index (κ1) is 16.2. The van der Waals surface area contributed by atoms with Gasteiger partial charge in [0.05, 0.1) is 0 Å². The molecule has 2 N–H and O–H groups in total. The molecule has 0 spiro atoms. The Morgan fingerprint density at radius 3 is 2.29 bits per heavy atom. The van der Waals surface area contributed by atoms with E-state index in [2.05, 4.69) is 47.8 Å². The van der Waals surface area contributed by atoms with Gasteiger partial charge < -0.3 is 15.5 Å². The number of anilines is 1. The number of rotatable bonds is 7. The van der Waals surface area contributed by atoms with Crippen LogP contribution < -0.4 is 10.6 Å². The van der Waals surface area contributed by atoms with Crippen LogP contribution in [0.3, 0.4) is 0 Å². The average molecular weight is 291 g/mol. The Morgan fingerprint density at radius 1 is 1.24 bits per heavy atom. The van der Waals surface area contributed by atoms with Crippen molar-refractivity contribution in [2.75, 3.05) is 32.6 Å². The fourth-order valence-corrected chi connectivity index (χ4v) is 2.94. The lowest BCUT2D eigenvalue weighted by molar-refractivity contribution is 0.0680. The molecule has 1 aromatic heterocycles. The minimum atomic E-state index is 0.198. The van der Waals surface area contributed by atoms with Crippen LogP contribution in [0.25, 0.3) is 0 Å². The van der Waals surface area contributed by atoms with Crippen molar-refractivity contribution in [3.63, 3.8) is 0 Å². The number of likely N-dealkylation sites (N-methyl/N-ethyl adjacent to an activating group) is 2. The van der Waals surface area contributed by atoms with Gasteiger partial charge in [-0.25, -0.2) is 9.97 Å². The van der Waals surface area contributed by atoms with Gasteiger partial charge in [0.1, 0.15) is 0 Å². The van der Waals surface area contributed by atoms with Crippen molar-refractivity contribution in [1.29, 1.82) is 0 Å². The maximum absolute atomic E-state index is 5.97. The molecular weight excluding hydrogens is 262 g/mol. The van der Waals surface area contributed by atoms with Gasteiger partial charge in [-0.3, -0.25) is 0 Å². The van der Waals surface area contributed by atoms with Gasteiger partial charge in [0.15, 0.2) is 0 Å². The van der Waals surface area contributed by atoms with Crippen LogP contribution in [-0.4, -0.2) is 54.1 Å². The van der Waals surface area contributed by atoms with Crippen molar-refractivity contribution in [1.82, 2.24) is 14.9 Å². The van der Waals surface area contributed by atoms with Gasteiger partial charge in [-0.05, 0) is 51.8 Å². The van der Waals surface area contributed by atoms with Crippen LogP contribution in [0.1, 0.15) is 38.2 Å². The highest BCUT2D eigenvalue weighted by molar-refractivity contribution is 5.30. The predicted molar refractivity (Wildman–Crippen MR) is 87.5 cm³/mol. The molecule has 0 bridgehead atoms. The van der Waals surface area contributed by atoms with E-state index in [9.17, 15) is 0 Å². The Kier molecular flexibility index (Phi) is 5.17. The molecule has 2 rings (SSSR count). The van der Waals surface area contributed by atoms with E-state index in [1.807, 2.05) is 12.4 Å². The molecule has 1 fully saturated rings. The molecule has 21 heavy (non-hydrogen) atoms. The number of hydrogen-bond acceptors (Lipinski definition) is 5. The van der Waals surface area contributed by atoms with Crippen molar-refractivity contribution < 1.29 is 0 Å². The third kappa shape index (κ3) is 3.71. The second-order valence-corrected chi connectivity index (χ2v) is 6.59. The Bertz CT molecular complexity index is 438. The Labute approximate surface area is 128 Å². The van der Waals surface area contributed by atoms with Crippen LogP contribution in [0.4, 0.5) is 5.95 Å². The molecule has 1 aliphatic carbocycles. The first-order valence-corrected chi connectivity index (χ1v) is 7.92. The molecule has 1 aromatic rings. The molecule has 1 unspecified atom stereocenters. The van der Waals surface area contributed by atoms with Crippen molar-refractivity contribution in [3.8, 4) is 0 Å². The Hall–Kier alpha value is -1.20. The molecule has 118 valence electrons. The molecule has 0 saturated heterocycles. The maximum atomic E-state index is 5.97. The van der Waals surface area contributed by atoms with Gasteiger partial charge in [0.2, 0.25) is 5.95 Å². The summed E-state index contributed by atoms with van der Waals surface area (Å²) in [5.41, 5.74) is 7.38. The zero-order chi connectivity index (χ0) is 15.5. The summed E-state index contributed by atoms with van der Waals surface area (Å²) in [6.45, 7) is 3.08. The zero-order valence-electron chi connectivity index (χ0n) is 13.8. The summed E-state index contributed by atoms with van der Waals surface area (Å²) in [6.07, 6.45) is 9.49. The lowest BCUT2D eigenvalue weighted by Crippen LogP contribution is -2.57. The molecule has 5 nitrogen and oxygen atoms in total. The van der Waals surface area contributed by atoms with Gasteiger partial charge in [-0.2, -0.15) is 0 Å². The zero-order valence-corrected chi connectivity index (χ0v) is 13.8. The standard InChI is InChI=1S/C16H29N5/c1-5-14(17)9-13-10-18-15(19-11-13)21(4)12-16(20(2)3)7-6-8-16/h10-11,14H,5-9,12,17H2,1-4H3. The monoisotopic (exact) mass is 291 g/mol. The highest BCUT2D eigenvalue weighted by atomic mass is 15.3. The first-order chi connectivity index (χ1) is 9.97. The van der Waals surface area contributed by atoms with Gasteiger partial charge >= 0.3 is 0 Å². The lowest BCUT2D eigenvalue weighted by atomic mass is 9.75. The number of nitrogens with zero attached hydrogens (tertiary/aromatic N) is 4. The summed E-state index contributed by atoms with van der Waals surface area (Å²) >= 11 is 0. The molecule has 1 saturated carbocycles. The summed E-state index contributed by atoms with van der Waals surface area (Å²) in [7, 11) is 6.42. The SMILES string of the molecule is CCC(N)Cc1cnc(N(C)CC2(N(C)C)CCC2)nc1. The summed E-state index contributed by atoms with van der Waals surface area (Å²) in [5, 5.41) is 0. The van der Waals surface area contributed by atoms with E-state index >= 15 is 0 Å². The molecule has 0 radical (unpaired) electrons. The topological polar surface area (TPSA) is 58.3 Å². The van der Waals surface area contributed by atoms with Gasteiger partial charge in [-0.1, -0.05) is 6.92 Å². The third-order valence-electron chi connectivity index (χ3n) is 4.82. The normalized spacial score (nSPS) is 18.4. The van der Waals surface area contributed by atoms with E-state index in [1.54, 1.807) is 0 Å². The van der Waals surface area contributed by atoms with Crippen LogP contribution in [0.2, 0.25) is 0 Å². The lowest BCUT2D eigenvalue weighted by Gasteiger charge is -2.49. The summed E-state index contributed by atoms with van der Waals surface area (Å²) in [6, 6.07) is 0.198. The second-order valence-electron chi connectivity index (χ2n) is 6.59. The highest BCUT2D eigenvalue weighted by Crippen LogP contribution is 2.37. The quantitative estimate of drug-likeness (QED) is 0.828. The second kappa shape index (κ2) is 6.71. The van der Waals surface area contributed by atoms with Crippen molar-refractivity contribution in [2.45, 2.75) is 50.6 Å². The van der Waals surface area contributed by atoms with E-state index in [0.717, 1.165) is 30.9 Å². The largest absolute Gasteiger partial charge is 0.342 e. The minimum Gasteiger partial charge on any atom is -0.342 e. The predicted octanol–water partition coefficient (Wildman–Crippen LogP) is 1.68. The third-order valence-corrected chi connectivity index (χ3v) is 4.82. The van der Waals surface area contributed by atoms with E-state index in [0.29, 0.717) is 5.54 Å². The van der Waals surface area contributed by atoms with Crippen molar-refractivity contribution in [2.24, 2.45) is 5.73 Å². The van der Waals surface area contributed by atoms with Crippen LogP contribution in [0.15, 0.2) is 12.4 Å². The molecular formula is C16H29N5. The Morgan fingerprint density at radius 2 is 1.86 bits per heavy atom. The van der Waals surface area contributed by atoms with E-state index in [-0.39, 0.29) is 6.04 Å². The van der Waals surface area contributed by atoms with Gasteiger partial charge in [0, 0.05) is 37.6 Å². The van der Waals surface area contributed by atoms with Crippen molar-refractivity contribution in [3.05, 3.63) is 18.0 Å². The fraction of sp³-hybridized carbons (Fsp3) is 0.750. The number of nitrogens with two attached hydrogens (primary N) is 1. The molecule has 0 aliphatic heterocycles. The number of hydrogen-bond donors (Lipinski definition) is 1. The minimum absolute atomic E-state index is 0.198. The first-order valence-electron chi connectivity index (χ1n) is 7.92. The molecule has 0 amide bonds. The van der Waals surface area contributed by atoms with Crippen molar-refractivity contribution >= 4 is 5.95 Å². The average Bonchev–Trinajstić information content (AvgIpc) is 2.42. The van der Waals surface area contributed by atoms with Gasteiger partial charge in [-0.15, -0.1) is 0 Å². The summed E-state index contributed by atoms with van der Waals surface area (Å²) in [4.78, 5) is 13.5. The van der Waals surface area contributed by atoms with E-state index in [1.165, 1.54) is 19.3 Å². The summed E-state index contributed by atoms with van der Waals surface area (Å²) < 4.78 is 0. The maximum Gasteiger partial charge on any atom is 0.225 e. The Balaban J connectivity index is 1.98. The molecule has 1 heterocycles. The van der Waals surface area contributed by atoms with E-state index < -0.39 is 0 Å². The van der Waals surface area contributed by atoms with Crippen LogP contribution in [0.5, 0.6) is 0 Å². The fourth-order valence-electron chi connectivity index (χ4n) is 2.94. The molecule has 0 aromatic carbocycles. The number of aromatic nitrogens is 2. The van der Waals surface area contributed by atoms with Gasteiger partial charge in [0.25, 0.3) is 0 Å². The van der Waals surface area contributed by atoms with Crippen LogP contribution >= 0.6 is 0 Å². The molecule has 5 heteroatoms. The molecule has 1 aliphatic rings.